The number of aromatic nitrogens is 2. The van der Waals surface area contributed by atoms with Crippen LogP contribution in [0.1, 0.15) is 143 Å². The molecule has 2 heterocycles. The Bertz CT molecular complexity index is 2640. The van der Waals surface area contributed by atoms with Crippen molar-refractivity contribution in [2.45, 2.75) is 127 Å². The molecule has 317 valence electrons. The predicted molar refractivity (Wildman–Crippen MR) is 249 cm³/mol. The first-order chi connectivity index (χ1) is 28.1. The maximum Gasteiger partial charge on any atom is 0.164 e. The Morgan fingerprint density at radius 2 is 1.38 bits per heavy atom. The number of ketones is 1. The predicted octanol–water partition coefficient (Wildman–Crippen LogP) is 15.8. The number of benzene rings is 5. The fourth-order valence-electron chi connectivity index (χ4n) is 7.77. The van der Waals surface area contributed by atoms with Gasteiger partial charge in [0.05, 0.1) is 11.1 Å². The van der Waals surface area contributed by atoms with Gasteiger partial charge >= 0.3 is 0 Å². The van der Waals surface area contributed by atoms with Crippen molar-refractivity contribution in [2.24, 2.45) is 10.8 Å². The van der Waals surface area contributed by atoms with Gasteiger partial charge in [0, 0.05) is 59.4 Å². The minimum absolute atomic E-state index is 0. The molecule has 6 heteroatoms. The van der Waals surface area contributed by atoms with Crippen LogP contribution in [0, 0.1) is 16.9 Å². The average molecular weight is 980 g/mol. The second-order valence-corrected chi connectivity index (χ2v) is 17.8. The van der Waals surface area contributed by atoms with E-state index in [9.17, 15) is 9.90 Å². The van der Waals surface area contributed by atoms with Gasteiger partial charge in [0.15, 0.2) is 5.78 Å². The van der Waals surface area contributed by atoms with Crippen LogP contribution in [-0.2, 0) is 24.9 Å². The number of hydrogen-bond acceptors (Lipinski definition) is 5. The van der Waals surface area contributed by atoms with E-state index < -0.39 is 0 Å². The SMILES string of the molecule is CC(C)c1cc(C(C)C)c2c(ccc3c(-c4[c-]ccc5c4oc4cc(-c6ccccc6)ccc45)nc(C(C)C)nc32)c1.CCC(C)(CC)C(=O)/C=C(\O)C(C)(CC)CC.[Ir]. The van der Waals surface area contributed by atoms with Crippen molar-refractivity contribution in [3.63, 3.8) is 0 Å². The molecule has 1 N–H and O–H groups in total. The molecule has 2 aromatic heterocycles. The summed E-state index contributed by atoms with van der Waals surface area (Å²) in [5.41, 5.74) is 8.83. The van der Waals surface area contributed by atoms with Crippen molar-refractivity contribution in [3.8, 4) is 22.4 Å². The van der Waals surface area contributed by atoms with Crippen molar-refractivity contribution in [3.05, 3.63) is 120 Å². The van der Waals surface area contributed by atoms with Crippen molar-refractivity contribution >= 4 is 49.4 Å². The number of aliphatic hydroxyl groups is 1. The summed E-state index contributed by atoms with van der Waals surface area (Å²) in [4.78, 5) is 22.6. The molecule has 0 aliphatic heterocycles. The van der Waals surface area contributed by atoms with Crippen molar-refractivity contribution in [2.75, 3.05) is 0 Å². The van der Waals surface area contributed by atoms with Crippen LogP contribution in [0.3, 0.4) is 0 Å². The van der Waals surface area contributed by atoms with E-state index in [0.29, 0.717) is 11.8 Å². The van der Waals surface area contributed by atoms with Gasteiger partial charge in [0.1, 0.15) is 17.2 Å². The molecule has 7 rings (SSSR count). The van der Waals surface area contributed by atoms with E-state index in [4.69, 9.17) is 14.4 Å². The Morgan fingerprint density at radius 3 is 1.98 bits per heavy atom. The molecule has 0 aliphatic carbocycles. The second-order valence-electron chi connectivity index (χ2n) is 17.8. The number of nitrogens with zero attached hydrogens (tertiary/aromatic N) is 2. The largest absolute Gasteiger partial charge is 0.512 e. The Kier molecular flexibility index (Phi) is 14.7. The summed E-state index contributed by atoms with van der Waals surface area (Å²) >= 11 is 0. The van der Waals surface area contributed by atoms with Crippen LogP contribution in [0.4, 0.5) is 0 Å². The molecule has 5 nitrogen and oxygen atoms in total. The van der Waals surface area contributed by atoms with Gasteiger partial charge < -0.3 is 9.52 Å². The van der Waals surface area contributed by atoms with Crippen molar-refractivity contribution in [1.29, 1.82) is 0 Å². The van der Waals surface area contributed by atoms with E-state index >= 15 is 0 Å². The summed E-state index contributed by atoms with van der Waals surface area (Å²) in [6.07, 6.45) is 4.75. The molecule has 0 atom stereocenters. The Balaban J connectivity index is 0.000000324. The monoisotopic (exact) mass is 980 g/mol. The number of hydrogen-bond donors (Lipinski definition) is 1. The number of carbonyl (C=O) groups is 1. The topological polar surface area (TPSA) is 76.2 Å². The first-order valence-corrected chi connectivity index (χ1v) is 21.8. The number of aliphatic hydroxyl groups excluding tert-OH is 1. The van der Waals surface area contributed by atoms with Crippen LogP contribution in [0.5, 0.6) is 0 Å². The van der Waals surface area contributed by atoms with Crippen LogP contribution in [0.2, 0.25) is 0 Å². The van der Waals surface area contributed by atoms with E-state index in [1.807, 2.05) is 53.7 Å². The zero-order chi connectivity index (χ0) is 42.8. The number of carbonyl (C=O) groups excluding carboxylic acids is 1. The Morgan fingerprint density at radius 1 is 0.733 bits per heavy atom. The first kappa shape index (κ1) is 46.4. The molecule has 0 saturated carbocycles. The summed E-state index contributed by atoms with van der Waals surface area (Å²) in [5.74, 6) is 2.11. The van der Waals surface area contributed by atoms with Crippen LogP contribution >= 0.6 is 0 Å². The molecule has 60 heavy (non-hydrogen) atoms. The van der Waals surface area contributed by atoms with Crippen molar-refractivity contribution in [1.82, 2.24) is 9.97 Å². The van der Waals surface area contributed by atoms with Gasteiger partial charge in [-0.3, -0.25) is 9.78 Å². The van der Waals surface area contributed by atoms with Gasteiger partial charge in [-0.25, -0.2) is 4.98 Å². The molecular weight excluding hydrogens is 917 g/mol. The third-order valence-corrected chi connectivity index (χ3v) is 13.0. The molecule has 5 aromatic carbocycles. The fourth-order valence-corrected chi connectivity index (χ4v) is 7.77. The minimum atomic E-state index is -0.337. The van der Waals surface area contributed by atoms with Gasteiger partial charge in [-0.1, -0.05) is 161 Å². The summed E-state index contributed by atoms with van der Waals surface area (Å²) in [6, 6.07) is 33.7. The minimum Gasteiger partial charge on any atom is -0.512 e. The quantitative estimate of drug-likeness (QED) is 0.0571. The number of fused-ring (bicyclic) bond motifs is 6. The molecule has 0 fully saturated rings. The molecule has 0 saturated heterocycles. The number of allylic oxidation sites excluding steroid dienone is 2. The zero-order valence-electron chi connectivity index (χ0n) is 37.7. The second kappa shape index (κ2) is 19.0. The molecule has 0 bridgehead atoms. The third kappa shape index (κ3) is 9.02. The molecule has 7 aromatic rings. The summed E-state index contributed by atoms with van der Waals surface area (Å²) < 4.78 is 6.65. The molecule has 0 aliphatic rings. The maximum atomic E-state index is 12.2. The first-order valence-electron chi connectivity index (χ1n) is 21.8. The number of rotatable bonds is 12. The van der Waals surface area contributed by atoms with Gasteiger partial charge in [0.2, 0.25) is 0 Å². The molecule has 0 amide bonds. The average Bonchev–Trinajstić information content (AvgIpc) is 3.63. The van der Waals surface area contributed by atoms with E-state index in [1.54, 1.807) is 0 Å². The van der Waals surface area contributed by atoms with Crippen molar-refractivity contribution < 1.29 is 34.4 Å². The smallest absolute Gasteiger partial charge is 0.164 e. The van der Waals surface area contributed by atoms with Gasteiger partial charge in [0.25, 0.3) is 0 Å². The van der Waals surface area contributed by atoms with Gasteiger partial charge in [-0.15, -0.1) is 18.2 Å². The molecule has 1 radical (unpaired) electrons. The maximum absolute atomic E-state index is 12.2. The van der Waals surface area contributed by atoms with Crippen LogP contribution in [-0.4, -0.2) is 20.9 Å². The Hall–Kier alpha value is -4.64. The van der Waals surface area contributed by atoms with Gasteiger partial charge in [-0.05, 0) is 76.6 Å². The van der Waals surface area contributed by atoms with Crippen LogP contribution in [0.25, 0.3) is 66.0 Å². The Labute approximate surface area is 371 Å². The third-order valence-electron chi connectivity index (χ3n) is 13.0. The van der Waals surface area contributed by atoms with E-state index in [2.05, 4.69) is 120 Å². The molecule has 0 spiro atoms. The number of furan rings is 1. The normalized spacial score (nSPS) is 12.5. The molecular formula is C54H63IrN2O3-. The summed E-state index contributed by atoms with van der Waals surface area (Å²) in [7, 11) is 0. The van der Waals surface area contributed by atoms with E-state index in [1.165, 1.54) is 33.5 Å². The fraction of sp³-hybridized carbons (Fsp3) is 0.389. The van der Waals surface area contributed by atoms with Gasteiger partial charge in [-0.2, -0.15) is 0 Å². The zero-order valence-corrected chi connectivity index (χ0v) is 40.1. The van der Waals surface area contributed by atoms with Crippen LogP contribution < -0.4 is 0 Å². The van der Waals surface area contributed by atoms with E-state index in [0.717, 1.165) is 81.2 Å². The summed E-state index contributed by atoms with van der Waals surface area (Å²) in [5, 5.41) is 15.8. The van der Waals surface area contributed by atoms with Crippen LogP contribution in [0.15, 0.2) is 101 Å². The molecule has 0 unspecified atom stereocenters. The standard InChI is InChI=1S/C39H35N2O.C15H28O2.Ir/c1-22(2)28-19-27-16-18-31-36(40-39(24(5)6)41-37(31)35(27)33(20-28)23(3)4)32-14-10-13-30-29-17-15-26(21-34(29)42-38(30)32)25-11-8-7-9-12-25;1-7-14(5,8-2)12(16)11-13(17)15(6,9-3)10-4;/h7-13,15-24H,1-6H3;11,16H,7-10H2,1-6H3;/q-1;;/b;12-11-;. The summed E-state index contributed by atoms with van der Waals surface area (Å²) in [6.45, 7) is 25.5. The van der Waals surface area contributed by atoms with E-state index in [-0.39, 0.29) is 48.4 Å².